The molecule has 0 aliphatic heterocycles. The van der Waals surface area contributed by atoms with Crippen LogP contribution >= 0.6 is 0 Å². The molecule has 6 heteroatoms. The number of hydrogen-bond acceptors (Lipinski definition) is 5. The van der Waals surface area contributed by atoms with Crippen LogP contribution in [0.4, 0.5) is 5.69 Å². The van der Waals surface area contributed by atoms with Gasteiger partial charge >= 0.3 is 5.97 Å². The number of esters is 1. The minimum Gasteiger partial charge on any atom is -0.508 e. The van der Waals surface area contributed by atoms with Crippen LogP contribution in [0, 0.1) is 0 Å². The van der Waals surface area contributed by atoms with Crippen molar-refractivity contribution in [3.8, 4) is 5.75 Å². The smallest absolute Gasteiger partial charge is 0.329 e. The second-order valence-electron chi connectivity index (χ2n) is 10.1. The van der Waals surface area contributed by atoms with E-state index in [2.05, 4.69) is 0 Å². The molecular weight excluding hydrogens is 452 g/mol. The number of likely N-dealkylation sites (N-methyl/N-ethyl adjacent to an activating group) is 1. The summed E-state index contributed by atoms with van der Waals surface area (Å²) in [7, 11) is 1.65. The Morgan fingerprint density at radius 3 is 2.19 bits per heavy atom. The Morgan fingerprint density at radius 1 is 0.917 bits per heavy atom. The van der Waals surface area contributed by atoms with Crippen LogP contribution in [0.15, 0.2) is 72.8 Å². The molecule has 36 heavy (non-hydrogen) atoms. The Hall–Kier alpha value is -3.80. The predicted octanol–water partition coefficient (Wildman–Crippen LogP) is 5.17. The molecule has 0 aliphatic rings. The van der Waals surface area contributed by atoms with Gasteiger partial charge in [-0.15, -0.1) is 0 Å². The molecule has 0 fully saturated rings. The molecule has 0 heterocycles. The zero-order chi connectivity index (χ0) is 26.3. The third-order valence-corrected chi connectivity index (χ3v) is 6.03. The van der Waals surface area contributed by atoms with E-state index in [9.17, 15) is 14.7 Å². The van der Waals surface area contributed by atoms with Crippen molar-refractivity contribution in [3.63, 3.8) is 0 Å². The first-order valence-corrected chi connectivity index (χ1v) is 12.2. The van der Waals surface area contributed by atoms with Gasteiger partial charge in [0.05, 0.1) is 0 Å². The van der Waals surface area contributed by atoms with Gasteiger partial charge in [0.2, 0.25) is 0 Å². The molecule has 3 aromatic rings. The number of ether oxygens (including phenoxy) is 1. The number of nitrogen functional groups attached to an aromatic ring is 1. The fourth-order valence-corrected chi connectivity index (χ4v) is 4.03. The van der Waals surface area contributed by atoms with E-state index >= 15 is 0 Å². The molecule has 0 aliphatic carbocycles. The Bertz CT molecular complexity index is 1170. The molecule has 0 saturated carbocycles. The van der Waals surface area contributed by atoms with Gasteiger partial charge in [-0.25, -0.2) is 4.79 Å². The van der Waals surface area contributed by atoms with E-state index in [1.54, 1.807) is 37.4 Å². The number of nitrogens with zero attached hydrogens (tertiary/aromatic N) is 1. The van der Waals surface area contributed by atoms with E-state index in [1.807, 2.05) is 63.2 Å². The van der Waals surface area contributed by atoms with Gasteiger partial charge in [-0.3, -0.25) is 4.79 Å². The zero-order valence-corrected chi connectivity index (χ0v) is 21.5. The number of carbonyl (C=O) groups excluding carboxylic acids is 2. The lowest BCUT2D eigenvalue weighted by Crippen LogP contribution is -2.45. The molecule has 3 aromatic carbocycles. The maximum atomic E-state index is 13.5. The van der Waals surface area contributed by atoms with Crippen molar-refractivity contribution in [2.45, 2.75) is 58.1 Å². The Balaban J connectivity index is 1.78. The minimum atomic E-state index is -0.727. The fraction of sp³-hybridized carbons (Fsp3) is 0.333. The summed E-state index contributed by atoms with van der Waals surface area (Å²) in [5.41, 5.74) is 9.65. The van der Waals surface area contributed by atoms with Gasteiger partial charge in [0.25, 0.3) is 5.91 Å². The molecule has 0 saturated heterocycles. The van der Waals surface area contributed by atoms with Crippen LogP contribution < -0.4 is 5.73 Å². The Morgan fingerprint density at radius 2 is 1.56 bits per heavy atom. The van der Waals surface area contributed by atoms with E-state index in [0.717, 1.165) is 23.1 Å². The number of benzene rings is 3. The van der Waals surface area contributed by atoms with Gasteiger partial charge < -0.3 is 20.5 Å². The van der Waals surface area contributed by atoms with Crippen LogP contribution in [-0.2, 0) is 28.8 Å². The second-order valence-corrected chi connectivity index (χ2v) is 10.1. The van der Waals surface area contributed by atoms with Gasteiger partial charge in [0.15, 0.2) is 0 Å². The maximum Gasteiger partial charge on any atom is 0.329 e. The van der Waals surface area contributed by atoms with Crippen molar-refractivity contribution in [1.29, 1.82) is 0 Å². The summed E-state index contributed by atoms with van der Waals surface area (Å²) in [6.07, 6.45) is 2.45. The number of aryl methyl sites for hydroxylation is 3. The lowest BCUT2D eigenvalue weighted by atomic mass is 9.99. The monoisotopic (exact) mass is 488 g/mol. The number of phenols is 1. The van der Waals surface area contributed by atoms with Crippen LogP contribution in [-0.4, -0.2) is 40.6 Å². The van der Waals surface area contributed by atoms with Crippen molar-refractivity contribution in [2.75, 3.05) is 12.8 Å². The van der Waals surface area contributed by atoms with Crippen molar-refractivity contribution < 1.29 is 19.4 Å². The van der Waals surface area contributed by atoms with Crippen LogP contribution in [0.2, 0.25) is 0 Å². The van der Waals surface area contributed by atoms with Gasteiger partial charge in [-0.2, -0.15) is 0 Å². The highest BCUT2D eigenvalue weighted by molar-refractivity contribution is 5.97. The van der Waals surface area contributed by atoms with Gasteiger partial charge in [-0.05, 0) is 93.5 Å². The molecule has 6 nitrogen and oxygen atoms in total. The molecule has 190 valence electrons. The third kappa shape index (κ3) is 7.60. The summed E-state index contributed by atoms with van der Waals surface area (Å²) in [6.45, 7) is 5.46. The minimum absolute atomic E-state index is 0.223. The van der Waals surface area contributed by atoms with E-state index in [1.165, 1.54) is 4.90 Å². The lowest BCUT2D eigenvalue weighted by Gasteiger charge is -2.30. The largest absolute Gasteiger partial charge is 0.508 e. The quantitative estimate of drug-likeness (QED) is 0.320. The summed E-state index contributed by atoms with van der Waals surface area (Å²) >= 11 is 0. The average Bonchev–Trinajstić information content (AvgIpc) is 2.83. The molecule has 0 bridgehead atoms. The second kappa shape index (κ2) is 11.8. The number of anilines is 1. The van der Waals surface area contributed by atoms with Crippen molar-refractivity contribution in [3.05, 3.63) is 95.1 Å². The molecule has 0 unspecified atom stereocenters. The van der Waals surface area contributed by atoms with Crippen LogP contribution in [0.3, 0.4) is 0 Å². The first kappa shape index (κ1) is 26.8. The normalized spacial score (nSPS) is 12.1. The van der Waals surface area contributed by atoms with Crippen molar-refractivity contribution in [2.24, 2.45) is 0 Å². The van der Waals surface area contributed by atoms with Gasteiger partial charge in [0.1, 0.15) is 17.4 Å². The standard InChI is InChI=1S/C30H36N2O4/c1-30(2,3)36-29(35)27(19-13-21-8-6-5-7-9-21)32(4)28(34)24-15-18-26(31)23(20-24)14-10-22-11-16-25(33)17-12-22/h5-9,11-12,15-18,20,27,33H,10,13-14,19,31H2,1-4H3/t27-/m0/s1. The summed E-state index contributed by atoms with van der Waals surface area (Å²) in [5, 5.41) is 9.49. The first-order valence-electron chi connectivity index (χ1n) is 12.2. The molecule has 0 aromatic heterocycles. The highest BCUT2D eigenvalue weighted by Crippen LogP contribution is 2.22. The van der Waals surface area contributed by atoms with Crippen LogP contribution in [0.5, 0.6) is 5.75 Å². The molecule has 1 amide bonds. The number of hydrogen-bond donors (Lipinski definition) is 2. The molecule has 0 spiro atoms. The zero-order valence-electron chi connectivity index (χ0n) is 21.5. The number of carbonyl (C=O) groups is 2. The first-order chi connectivity index (χ1) is 17.0. The van der Waals surface area contributed by atoms with Crippen molar-refractivity contribution in [1.82, 2.24) is 4.90 Å². The predicted molar refractivity (Wildman–Crippen MR) is 143 cm³/mol. The highest BCUT2D eigenvalue weighted by Gasteiger charge is 2.31. The summed E-state index contributed by atoms with van der Waals surface area (Å²) in [4.78, 5) is 28.1. The van der Waals surface area contributed by atoms with E-state index < -0.39 is 17.6 Å². The summed E-state index contributed by atoms with van der Waals surface area (Å²) in [5.74, 6) is -0.456. The number of rotatable bonds is 9. The number of phenolic OH excluding ortho intramolecular Hbond substituents is 1. The Kier molecular flexibility index (Phi) is 8.75. The highest BCUT2D eigenvalue weighted by atomic mass is 16.6. The Labute approximate surface area is 213 Å². The van der Waals surface area contributed by atoms with Gasteiger partial charge in [0, 0.05) is 18.3 Å². The van der Waals surface area contributed by atoms with Crippen molar-refractivity contribution >= 4 is 17.6 Å². The van der Waals surface area contributed by atoms with Crippen LogP contribution in [0.1, 0.15) is 54.2 Å². The maximum absolute atomic E-state index is 13.5. The SMILES string of the molecule is CN(C(=O)c1ccc(N)c(CCc2ccc(O)cc2)c1)[C@@H](CCc1ccccc1)C(=O)OC(C)(C)C. The molecule has 1 atom stereocenters. The number of aromatic hydroxyl groups is 1. The topological polar surface area (TPSA) is 92.9 Å². The summed E-state index contributed by atoms with van der Waals surface area (Å²) in [6, 6.07) is 21.4. The molecule has 0 radical (unpaired) electrons. The number of nitrogens with two attached hydrogens (primary N) is 1. The molecule has 3 rings (SSSR count). The van der Waals surface area contributed by atoms with E-state index in [4.69, 9.17) is 10.5 Å². The number of amides is 1. The molecular formula is C30H36N2O4. The van der Waals surface area contributed by atoms with E-state index in [0.29, 0.717) is 30.5 Å². The summed E-state index contributed by atoms with van der Waals surface area (Å²) < 4.78 is 5.66. The third-order valence-electron chi connectivity index (χ3n) is 6.03. The fourth-order valence-electron chi connectivity index (χ4n) is 4.03. The van der Waals surface area contributed by atoms with Crippen LogP contribution in [0.25, 0.3) is 0 Å². The lowest BCUT2D eigenvalue weighted by molar-refractivity contribution is -0.160. The van der Waals surface area contributed by atoms with E-state index in [-0.39, 0.29) is 11.7 Å². The van der Waals surface area contributed by atoms with Gasteiger partial charge in [-0.1, -0.05) is 42.5 Å². The average molecular weight is 489 g/mol. The molecule has 3 N–H and O–H groups in total.